The van der Waals surface area contributed by atoms with Crippen LogP contribution in [0.4, 0.5) is 0 Å². The van der Waals surface area contributed by atoms with Gasteiger partial charge in [-0.1, -0.05) is 0 Å². The summed E-state index contributed by atoms with van der Waals surface area (Å²) in [6, 6.07) is 1.98. The number of hydrogen-bond donors (Lipinski definition) is 0. The summed E-state index contributed by atoms with van der Waals surface area (Å²) in [7, 11) is 2.84. The number of nitrogens with zero attached hydrogens (tertiary/aromatic N) is 2. The first-order valence-electron chi connectivity index (χ1n) is 5.44. The molecule has 0 fully saturated rings. The Balaban J connectivity index is 2.87. The molecule has 0 bridgehead atoms. The van der Waals surface area contributed by atoms with Crippen molar-refractivity contribution in [2.75, 3.05) is 14.2 Å². The third-order valence-electron chi connectivity index (χ3n) is 2.75. The van der Waals surface area contributed by atoms with Crippen LogP contribution >= 0.6 is 22.6 Å². The largest absolute Gasteiger partial charge is 0.480 e. The molecule has 6 heteroatoms. The van der Waals surface area contributed by atoms with Gasteiger partial charge >= 0.3 is 5.97 Å². The van der Waals surface area contributed by atoms with Gasteiger partial charge in [0.1, 0.15) is 5.56 Å². The maximum Gasteiger partial charge on any atom is 0.345 e. The summed E-state index contributed by atoms with van der Waals surface area (Å²) >= 11 is 2.23. The second-order valence-electron chi connectivity index (χ2n) is 3.65. The Bertz CT molecular complexity index is 607. The Morgan fingerprint density at radius 2 is 2.22 bits per heavy atom. The predicted molar refractivity (Wildman–Crippen MR) is 76.0 cm³/mol. The van der Waals surface area contributed by atoms with Crippen LogP contribution in [0.2, 0.25) is 0 Å². The minimum atomic E-state index is -0.436. The molecule has 0 spiro atoms. The summed E-state index contributed by atoms with van der Waals surface area (Å²) in [6.07, 6.45) is 1.70. The second-order valence-corrected chi connectivity index (χ2v) is 4.75. The zero-order valence-corrected chi connectivity index (χ0v) is 12.5. The Morgan fingerprint density at radius 1 is 1.50 bits per heavy atom. The lowest BCUT2D eigenvalue weighted by atomic mass is 10.2. The fraction of sp³-hybridized carbons (Fsp3) is 0.333. The summed E-state index contributed by atoms with van der Waals surface area (Å²) in [4.78, 5) is 16.1. The van der Waals surface area contributed by atoms with Crippen LogP contribution in [0.25, 0.3) is 10.9 Å². The Morgan fingerprint density at radius 3 is 2.78 bits per heavy atom. The first-order valence-corrected chi connectivity index (χ1v) is 6.51. The number of fused-ring (bicyclic) bond motifs is 1. The van der Waals surface area contributed by atoms with Gasteiger partial charge in [0, 0.05) is 18.1 Å². The average molecular weight is 360 g/mol. The number of pyridine rings is 1. The molecule has 18 heavy (non-hydrogen) atoms. The number of aryl methyl sites for hydroxylation is 1. The molecule has 2 heterocycles. The van der Waals surface area contributed by atoms with Crippen molar-refractivity contribution in [1.29, 1.82) is 0 Å². The Kier molecular flexibility index (Phi) is 3.74. The van der Waals surface area contributed by atoms with Crippen LogP contribution in [-0.2, 0) is 11.3 Å². The first kappa shape index (κ1) is 13.1. The number of methoxy groups -OCH3 is 2. The molecule has 0 radical (unpaired) electrons. The summed E-state index contributed by atoms with van der Waals surface area (Å²) in [5, 5.41) is 0.905. The number of esters is 1. The number of rotatable bonds is 3. The lowest BCUT2D eigenvalue weighted by Gasteiger charge is -2.10. The zero-order valence-electron chi connectivity index (χ0n) is 10.4. The maximum atomic E-state index is 11.9. The van der Waals surface area contributed by atoms with Gasteiger partial charge in [-0.2, -0.15) is 0 Å². The van der Waals surface area contributed by atoms with Gasteiger partial charge in [-0.3, -0.25) is 0 Å². The van der Waals surface area contributed by atoms with Gasteiger partial charge in [0.15, 0.2) is 0 Å². The highest BCUT2D eigenvalue weighted by Crippen LogP contribution is 2.29. The fourth-order valence-corrected chi connectivity index (χ4v) is 2.88. The summed E-state index contributed by atoms with van der Waals surface area (Å²) in [5.41, 5.74) is 1.18. The molecular formula is C12H13IN2O3. The van der Waals surface area contributed by atoms with Gasteiger partial charge < -0.3 is 14.0 Å². The van der Waals surface area contributed by atoms with Gasteiger partial charge in [0.05, 0.1) is 23.4 Å². The standard InChI is InChI=1S/C12H13IN2O3/c1-4-15-8(13)5-7-6-14-11(17-2)9(10(7)15)12(16)18-3/h5-6H,4H2,1-3H3. The Hall–Kier alpha value is -1.31. The third-order valence-corrected chi connectivity index (χ3v) is 3.64. The van der Waals surface area contributed by atoms with Crippen molar-refractivity contribution >= 4 is 39.5 Å². The molecule has 0 aromatic carbocycles. The fourth-order valence-electron chi connectivity index (χ4n) is 1.96. The lowest BCUT2D eigenvalue weighted by Crippen LogP contribution is -2.09. The van der Waals surface area contributed by atoms with Crippen LogP contribution in [0, 0.1) is 3.70 Å². The molecule has 2 aromatic rings. The summed E-state index contributed by atoms with van der Waals surface area (Å²) in [5.74, 6) is -0.146. The van der Waals surface area contributed by atoms with Crippen LogP contribution in [-0.4, -0.2) is 29.7 Å². The van der Waals surface area contributed by atoms with Crippen LogP contribution in [0.1, 0.15) is 17.3 Å². The molecule has 2 rings (SSSR count). The predicted octanol–water partition coefficient (Wildman–Crippen LogP) is 2.46. The molecule has 0 aliphatic heterocycles. The molecule has 5 nitrogen and oxygen atoms in total. The van der Waals surface area contributed by atoms with Crippen LogP contribution in [0.3, 0.4) is 0 Å². The van der Waals surface area contributed by atoms with E-state index in [9.17, 15) is 4.79 Å². The summed E-state index contributed by atoms with van der Waals surface area (Å²) < 4.78 is 13.1. The Labute approximate surface area is 118 Å². The van der Waals surface area contributed by atoms with Gasteiger partial charge in [-0.05, 0) is 35.6 Å². The van der Waals surface area contributed by atoms with Gasteiger partial charge in [-0.25, -0.2) is 9.78 Å². The zero-order chi connectivity index (χ0) is 13.3. The van der Waals surface area contributed by atoms with Crippen molar-refractivity contribution in [2.45, 2.75) is 13.5 Å². The monoisotopic (exact) mass is 360 g/mol. The molecule has 0 N–H and O–H groups in total. The third kappa shape index (κ3) is 1.94. The number of carbonyl (C=O) groups is 1. The van der Waals surface area contributed by atoms with Crippen LogP contribution in [0.5, 0.6) is 5.88 Å². The smallest absolute Gasteiger partial charge is 0.345 e. The number of aromatic nitrogens is 2. The van der Waals surface area contributed by atoms with E-state index in [0.717, 1.165) is 21.1 Å². The van der Waals surface area contributed by atoms with E-state index in [0.29, 0.717) is 11.4 Å². The van der Waals surface area contributed by atoms with Crippen molar-refractivity contribution in [1.82, 2.24) is 9.55 Å². The average Bonchev–Trinajstić information content (AvgIpc) is 2.71. The van der Waals surface area contributed by atoms with Crippen molar-refractivity contribution in [2.24, 2.45) is 0 Å². The lowest BCUT2D eigenvalue weighted by molar-refractivity contribution is 0.0598. The molecule has 96 valence electrons. The first-order chi connectivity index (χ1) is 8.63. The SMILES string of the molecule is CCn1c(I)cc2cnc(OC)c(C(=O)OC)c21. The number of ether oxygens (including phenoxy) is 2. The van der Waals surface area contributed by atoms with Gasteiger partial charge in [0.2, 0.25) is 5.88 Å². The quantitative estimate of drug-likeness (QED) is 0.623. The molecule has 0 saturated carbocycles. The molecule has 2 aromatic heterocycles. The van der Waals surface area contributed by atoms with E-state index < -0.39 is 5.97 Å². The van der Waals surface area contributed by atoms with E-state index in [1.165, 1.54) is 14.2 Å². The van der Waals surface area contributed by atoms with Gasteiger partial charge in [-0.15, -0.1) is 0 Å². The topological polar surface area (TPSA) is 53.4 Å². The highest BCUT2D eigenvalue weighted by molar-refractivity contribution is 14.1. The van der Waals surface area contributed by atoms with Crippen molar-refractivity contribution in [3.05, 3.63) is 21.5 Å². The highest BCUT2D eigenvalue weighted by atomic mass is 127. The molecule has 0 atom stereocenters. The molecule has 0 aliphatic carbocycles. The minimum Gasteiger partial charge on any atom is -0.480 e. The number of hydrogen-bond acceptors (Lipinski definition) is 4. The van der Waals surface area contributed by atoms with E-state index >= 15 is 0 Å². The minimum absolute atomic E-state index is 0.290. The van der Waals surface area contributed by atoms with Crippen molar-refractivity contribution < 1.29 is 14.3 Å². The van der Waals surface area contributed by atoms with Crippen molar-refractivity contribution in [3.63, 3.8) is 0 Å². The van der Waals surface area contributed by atoms with E-state index in [4.69, 9.17) is 9.47 Å². The van der Waals surface area contributed by atoms with E-state index in [1.54, 1.807) is 6.20 Å². The highest BCUT2D eigenvalue weighted by Gasteiger charge is 2.22. The van der Waals surface area contributed by atoms with E-state index in [-0.39, 0.29) is 0 Å². The molecule has 0 unspecified atom stereocenters. The molecule has 0 amide bonds. The maximum absolute atomic E-state index is 11.9. The van der Waals surface area contributed by atoms with Crippen molar-refractivity contribution in [3.8, 4) is 5.88 Å². The molecular weight excluding hydrogens is 347 g/mol. The molecule has 0 aliphatic rings. The molecule has 0 saturated heterocycles. The number of carbonyl (C=O) groups excluding carboxylic acids is 1. The van der Waals surface area contributed by atoms with E-state index in [2.05, 4.69) is 27.6 Å². The van der Waals surface area contributed by atoms with Gasteiger partial charge in [0.25, 0.3) is 0 Å². The normalized spacial score (nSPS) is 10.7. The summed E-state index contributed by atoms with van der Waals surface area (Å²) in [6.45, 7) is 2.79. The second kappa shape index (κ2) is 5.13. The van der Waals surface area contributed by atoms with E-state index in [1.807, 2.05) is 17.6 Å². The van der Waals surface area contributed by atoms with Crippen LogP contribution < -0.4 is 4.74 Å². The number of halogens is 1. The van der Waals surface area contributed by atoms with Crippen LogP contribution in [0.15, 0.2) is 12.3 Å².